The van der Waals surface area contributed by atoms with E-state index in [1.807, 2.05) is 30.3 Å². The summed E-state index contributed by atoms with van der Waals surface area (Å²) in [6.45, 7) is 0.765. The molecule has 2 heterocycles. The molecule has 1 aromatic heterocycles. The molecule has 0 atom stereocenters. The highest BCUT2D eigenvalue weighted by Gasteiger charge is 2.31. The average molecular weight is 423 g/mol. The SMILES string of the molecule is O=C(COC(=O)c1sccc1S(=O)(=O)N1CCCCC1)NCc1ccccc1. The van der Waals surface area contributed by atoms with Crippen LogP contribution in [-0.4, -0.2) is 44.3 Å². The number of hydrogen-bond donors (Lipinski definition) is 1. The number of sulfonamides is 1. The molecule has 1 aromatic carbocycles. The Morgan fingerprint density at radius 1 is 1.07 bits per heavy atom. The lowest BCUT2D eigenvalue weighted by atomic mass is 10.2. The van der Waals surface area contributed by atoms with Crippen molar-refractivity contribution in [3.8, 4) is 0 Å². The molecule has 1 saturated heterocycles. The van der Waals surface area contributed by atoms with Crippen molar-refractivity contribution < 1.29 is 22.7 Å². The molecule has 28 heavy (non-hydrogen) atoms. The van der Waals surface area contributed by atoms with Gasteiger partial charge in [0.05, 0.1) is 0 Å². The van der Waals surface area contributed by atoms with E-state index >= 15 is 0 Å². The molecule has 1 fully saturated rings. The first-order chi connectivity index (χ1) is 13.5. The summed E-state index contributed by atoms with van der Waals surface area (Å²) in [6.07, 6.45) is 2.62. The van der Waals surface area contributed by atoms with Gasteiger partial charge in [-0.1, -0.05) is 36.8 Å². The third-order valence-corrected chi connectivity index (χ3v) is 7.38. The summed E-state index contributed by atoms with van der Waals surface area (Å²) >= 11 is 0.998. The Hall–Kier alpha value is -2.23. The van der Waals surface area contributed by atoms with Gasteiger partial charge in [-0.05, 0) is 29.9 Å². The number of carbonyl (C=O) groups excluding carboxylic acids is 2. The van der Waals surface area contributed by atoms with E-state index < -0.39 is 28.5 Å². The quantitative estimate of drug-likeness (QED) is 0.692. The van der Waals surface area contributed by atoms with E-state index in [4.69, 9.17) is 4.74 Å². The van der Waals surface area contributed by atoms with Gasteiger partial charge < -0.3 is 10.1 Å². The van der Waals surface area contributed by atoms with Crippen LogP contribution in [0.2, 0.25) is 0 Å². The van der Waals surface area contributed by atoms with Crippen molar-refractivity contribution in [2.75, 3.05) is 19.7 Å². The van der Waals surface area contributed by atoms with Gasteiger partial charge in [0.15, 0.2) is 6.61 Å². The molecule has 0 saturated carbocycles. The summed E-state index contributed by atoms with van der Waals surface area (Å²) in [5.74, 6) is -1.25. The van der Waals surface area contributed by atoms with Gasteiger partial charge in [-0.2, -0.15) is 4.31 Å². The Balaban J connectivity index is 1.58. The van der Waals surface area contributed by atoms with Crippen molar-refractivity contribution in [3.63, 3.8) is 0 Å². The molecule has 0 radical (unpaired) electrons. The van der Waals surface area contributed by atoms with Gasteiger partial charge in [-0.25, -0.2) is 13.2 Å². The van der Waals surface area contributed by atoms with Gasteiger partial charge in [0, 0.05) is 19.6 Å². The second-order valence-electron chi connectivity index (χ2n) is 6.42. The largest absolute Gasteiger partial charge is 0.451 e. The number of piperidine rings is 1. The molecule has 1 aliphatic rings. The van der Waals surface area contributed by atoms with Crippen molar-refractivity contribution in [1.29, 1.82) is 0 Å². The molecule has 7 nitrogen and oxygen atoms in total. The fourth-order valence-electron chi connectivity index (χ4n) is 2.94. The van der Waals surface area contributed by atoms with Crippen molar-refractivity contribution in [2.24, 2.45) is 0 Å². The highest BCUT2D eigenvalue weighted by molar-refractivity contribution is 7.89. The van der Waals surface area contributed by atoms with E-state index in [1.165, 1.54) is 10.4 Å². The van der Waals surface area contributed by atoms with Crippen molar-refractivity contribution >= 4 is 33.2 Å². The highest BCUT2D eigenvalue weighted by Crippen LogP contribution is 2.27. The molecule has 1 aliphatic heterocycles. The number of nitrogens with zero attached hydrogens (tertiary/aromatic N) is 1. The summed E-state index contributed by atoms with van der Waals surface area (Å²) in [4.78, 5) is 24.2. The maximum absolute atomic E-state index is 12.8. The van der Waals surface area contributed by atoms with Crippen molar-refractivity contribution in [1.82, 2.24) is 9.62 Å². The van der Waals surface area contributed by atoms with E-state index in [9.17, 15) is 18.0 Å². The van der Waals surface area contributed by atoms with Crippen LogP contribution in [0, 0.1) is 0 Å². The zero-order chi connectivity index (χ0) is 20.0. The van der Waals surface area contributed by atoms with E-state index in [0.29, 0.717) is 19.6 Å². The van der Waals surface area contributed by atoms with Crippen LogP contribution in [-0.2, 0) is 26.1 Å². The third-order valence-electron chi connectivity index (χ3n) is 4.41. The summed E-state index contributed by atoms with van der Waals surface area (Å²) < 4.78 is 32.1. The topological polar surface area (TPSA) is 92.8 Å². The van der Waals surface area contributed by atoms with Crippen LogP contribution in [0.4, 0.5) is 0 Å². The second kappa shape index (κ2) is 9.31. The first-order valence-electron chi connectivity index (χ1n) is 9.04. The van der Waals surface area contributed by atoms with Crippen molar-refractivity contribution in [2.45, 2.75) is 30.7 Å². The second-order valence-corrected chi connectivity index (χ2v) is 9.24. The molecular formula is C19H22N2O5S2. The smallest absolute Gasteiger partial charge is 0.350 e. The Labute approximate surface area is 168 Å². The van der Waals surface area contributed by atoms with Gasteiger partial charge in [0.1, 0.15) is 9.77 Å². The van der Waals surface area contributed by atoms with E-state index in [1.54, 1.807) is 5.38 Å². The summed E-state index contributed by atoms with van der Waals surface area (Å²) in [5, 5.41) is 4.20. The normalized spacial score (nSPS) is 15.1. The lowest BCUT2D eigenvalue weighted by Gasteiger charge is -2.25. The molecule has 3 rings (SSSR count). The van der Waals surface area contributed by atoms with Crippen LogP contribution in [0.3, 0.4) is 0 Å². The monoisotopic (exact) mass is 422 g/mol. The van der Waals surface area contributed by atoms with Gasteiger partial charge in [0.2, 0.25) is 10.0 Å². The summed E-state index contributed by atoms with van der Waals surface area (Å²) in [6, 6.07) is 10.8. The van der Waals surface area contributed by atoms with E-state index in [2.05, 4.69) is 5.32 Å². The van der Waals surface area contributed by atoms with Crippen molar-refractivity contribution in [3.05, 3.63) is 52.2 Å². The molecule has 0 bridgehead atoms. The fourth-order valence-corrected chi connectivity index (χ4v) is 5.74. The van der Waals surface area contributed by atoms with Crippen LogP contribution in [0.5, 0.6) is 0 Å². The van der Waals surface area contributed by atoms with Gasteiger partial charge in [-0.15, -0.1) is 11.3 Å². The number of hydrogen-bond acceptors (Lipinski definition) is 6. The molecule has 0 aliphatic carbocycles. The zero-order valence-corrected chi connectivity index (χ0v) is 16.9. The molecule has 0 unspecified atom stereocenters. The molecule has 1 amide bonds. The molecule has 9 heteroatoms. The number of thiophene rings is 1. The van der Waals surface area contributed by atoms with Crippen LogP contribution in [0.15, 0.2) is 46.7 Å². The molecule has 1 N–H and O–H groups in total. The number of amides is 1. The van der Waals surface area contributed by atoms with E-state index in [0.717, 1.165) is 36.2 Å². The fraction of sp³-hybridized carbons (Fsp3) is 0.368. The minimum atomic E-state index is -3.74. The highest BCUT2D eigenvalue weighted by atomic mass is 32.2. The predicted molar refractivity (Wildman–Crippen MR) is 106 cm³/mol. The molecule has 0 spiro atoms. The number of rotatable bonds is 7. The minimum absolute atomic E-state index is 0.00133. The zero-order valence-electron chi connectivity index (χ0n) is 15.3. The molecular weight excluding hydrogens is 400 g/mol. The molecule has 2 aromatic rings. The Morgan fingerprint density at radius 3 is 2.50 bits per heavy atom. The Kier molecular flexibility index (Phi) is 6.82. The Bertz CT molecular complexity index is 919. The third kappa shape index (κ3) is 4.98. The Morgan fingerprint density at radius 2 is 1.79 bits per heavy atom. The van der Waals surface area contributed by atoms with Gasteiger partial charge >= 0.3 is 5.97 Å². The summed E-state index contributed by atoms with van der Waals surface area (Å²) in [5.41, 5.74) is 0.926. The minimum Gasteiger partial charge on any atom is -0.451 e. The van der Waals surface area contributed by atoms with E-state index in [-0.39, 0.29) is 9.77 Å². The van der Waals surface area contributed by atoms with Crippen LogP contribution >= 0.6 is 11.3 Å². The standard InChI is InChI=1S/C19H22N2O5S2/c22-17(20-13-15-7-3-1-4-8-15)14-26-19(23)18-16(9-12-27-18)28(24,25)21-10-5-2-6-11-21/h1,3-4,7-9,12H,2,5-6,10-11,13-14H2,(H,20,22). The number of benzene rings is 1. The van der Waals surface area contributed by atoms with Crippen LogP contribution < -0.4 is 5.32 Å². The first kappa shape index (κ1) is 20.5. The number of ether oxygens (including phenoxy) is 1. The maximum atomic E-state index is 12.8. The van der Waals surface area contributed by atoms with Crippen LogP contribution in [0.25, 0.3) is 0 Å². The lowest BCUT2D eigenvalue weighted by Crippen LogP contribution is -2.36. The molecule has 150 valence electrons. The summed E-state index contributed by atoms with van der Waals surface area (Å²) in [7, 11) is -3.74. The first-order valence-corrected chi connectivity index (χ1v) is 11.4. The number of carbonyl (C=O) groups is 2. The lowest BCUT2D eigenvalue weighted by molar-refractivity contribution is -0.124. The van der Waals surface area contributed by atoms with Gasteiger partial charge in [0.25, 0.3) is 5.91 Å². The number of esters is 1. The average Bonchev–Trinajstić information content (AvgIpc) is 3.23. The predicted octanol–water partition coefficient (Wildman–Crippen LogP) is 2.40. The van der Waals surface area contributed by atoms with Crippen LogP contribution in [0.1, 0.15) is 34.5 Å². The van der Waals surface area contributed by atoms with Gasteiger partial charge in [-0.3, -0.25) is 4.79 Å². The number of nitrogens with one attached hydrogen (secondary N) is 1. The maximum Gasteiger partial charge on any atom is 0.350 e.